The van der Waals surface area contributed by atoms with Gasteiger partial charge < -0.3 is 9.47 Å². The Morgan fingerprint density at radius 3 is 2.46 bits per heavy atom. The molecule has 1 aliphatic rings. The van der Waals surface area contributed by atoms with Crippen LogP contribution in [-0.4, -0.2) is 43.4 Å². The number of amides is 1. The van der Waals surface area contributed by atoms with Gasteiger partial charge >= 0.3 is 0 Å². The zero-order valence-electron chi connectivity index (χ0n) is 15.9. The van der Waals surface area contributed by atoms with Crippen LogP contribution < -0.4 is 10.3 Å². The number of pyridine rings is 1. The Morgan fingerprint density at radius 1 is 1.11 bits per heavy atom. The number of carbonyl (C=O) groups is 1. The molecule has 1 saturated heterocycles. The summed E-state index contributed by atoms with van der Waals surface area (Å²) in [6.07, 6.45) is 3.02. The second-order valence-corrected chi connectivity index (χ2v) is 8.97. The number of sulfonamides is 1. The Kier molecular flexibility index (Phi) is 6.31. The highest BCUT2D eigenvalue weighted by molar-refractivity contribution is 7.88. The van der Waals surface area contributed by atoms with Crippen LogP contribution in [0.15, 0.2) is 53.5 Å². The van der Waals surface area contributed by atoms with Crippen LogP contribution in [0.3, 0.4) is 0 Å². The highest BCUT2D eigenvalue weighted by atomic mass is 32.2. The zero-order chi connectivity index (χ0) is 20.1. The molecule has 1 aliphatic heterocycles. The molecule has 0 aliphatic carbocycles. The lowest BCUT2D eigenvalue weighted by Crippen LogP contribution is -2.43. The quantitative estimate of drug-likeness (QED) is 0.789. The third-order valence-electron chi connectivity index (χ3n) is 5.05. The molecule has 2 aromatic rings. The van der Waals surface area contributed by atoms with Crippen molar-refractivity contribution < 1.29 is 13.2 Å². The van der Waals surface area contributed by atoms with Gasteiger partial charge in [0, 0.05) is 32.9 Å². The number of benzene rings is 1. The SMILES string of the molecule is Cn1cccc(C(=O)N2CCC(CNS(=O)(=O)Cc3ccccc3)CC2)c1=O. The molecule has 28 heavy (non-hydrogen) atoms. The first-order valence-corrected chi connectivity index (χ1v) is 11.0. The highest BCUT2D eigenvalue weighted by Gasteiger charge is 2.26. The van der Waals surface area contributed by atoms with Gasteiger partial charge in [0.25, 0.3) is 11.5 Å². The van der Waals surface area contributed by atoms with E-state index in [1.807, 2.05) is 18.2 Å². The first-order chi connectivity index (χ1) is 13.4. The van der Waals surface area contributed by atoms with E-state index in [2.05, 4.69) is 4.72 Å². The second kappa shape index (κ2) is 8.70. The van der Waals surface area contributed by atoms with Gasteiger partial charge in [0.1, 0.15) is 5.56 Å². The number of rotatable bonds is 6. The van der Waals surface area contributed by atoms with Gasteiger partial charge in [-0.1, -0.05) is 30.3 Å². The minimum absolute atomic E-state index is 0.0392. The van der Waals surface area contributed by atoms with Gasteiger partial charge in [-0.05, 0) is 36.5 Å². The van der Waals surface area contributed by atoms with E-state index >= 15 is 0 Å². The van der Waals surface area contributed by atoms with Crippen LogP contribution in [0.2, 0.25) is 0 Å². The fraction of sp³-hybridized carbons (Fsp3) is 0.400. The van der Waals surface area contributed by atoms with Crippen LogP contribution in [0.4, 0.5) is 0 Å². The van der Waals surface area contributed by atoms with Gasteiger partial charge in [-0.2, -0.15) is 0 Å². The van der Waals surface area contributed by atoms with Crippen LogP contribution >= 0.6 is 0 Å². The first-order valence-electron chi connectivity index (χ1n) is 9.32. The lowest BCUT2D eigenvalue weighted by atomic mass is 9.97. The molecule has 3 rings (SSSR count). The van der Waals surface area contributed by atoms with Crippen LogP contribution in [0, 0.1) is 5.92 Å². The number of hydrogen-bond donors (Lipinski definition) is 1. The summed E-state index contributed by atoms with van der Waals surface area (Å²) >= 11 is 0. The third-order valence-corrected chi connectivity index (χ3v) is 6.37. The summed E-state index contributed by atoms with van der Waals surface area (Å²) in [5, 5.41) is 0. The molecular formula is C20H25N3O4S. The number of aryl methyl sites for hydroxylation is 1. The molecule has 0 bridgehead atoms. The molecule has 2 heterocycles. The smallest absolute Gasteiger partial charge is 0.263 e. The number of aromatic nitrogens is 1. The Balaban J connectivity index is 1.51. The highest BCUT2D eigenvalue weighted by Crippen LogP contribution is 2.18. The molecule has 1 aromatic carbocycles. The lowest BCUT2D eigenvalue weighted by Gasteiger charge is -2.32. The van der Waals surface area contributed by atoms with Gasteiger partial charge in [-0.15, -0.1) is 0 Å². The fourth-order valence-corrected chi connectivity index (χ4v) is 4.58. The van der Waals surface area contributed by atoms with Crippen LogP contribution in [0.5, 0.6) is 0 Å². The predicted molar refractivity (Wildman–Crippen MR) is 107 cm³/mol. The molecule has 8 heteroatoms. The van der Waals surface area contributed by atoms with Crippen molar-refractivity contribution in [2.75, 3.05) is 19.6 Å². The van der Waals surface area contributed by atoms with Crippen molar-refractivity contribution in [2.45, 2.75) is 18.6 Å². The van der Waals surface area contributed by atoms with Crippen molar-refractivity contribution in [3.8, 4) is 0 Å². The maximum atomic E-state index is 12.6. The normalized spacial score (nSPS) is 15.5. The molecule has 0 unspecified atom stereocenters. The Morgan fingerprint density at radius 2 is 1.79 bits per heavy atom. The minimum atomic E-state index is -3.39. The van der Waals surface area contributed by atoms with Crippen LogP contribution in [-0.2, 0) is 22.8 Å². The minimum Gasteiger partial charge on any atom is -0.338 e. The molecular weight excluding hydrogens is 378 g/mol. The molecule has 150 valence electrons. The molecule has 0 saturated carbocycles. The van der Waals surface area contributed by atoms with Gasteiger partial charge in [0.2, 0.25) is 10.0 Å². The maximum absolute atomic E-state index is 12.6. The number of carbonyl (C=O) groups excluding carboxylic acids is 1. The van der Waals surface area contributed by atoms with E-state index in [-0.39, 0.29) is 28.7 Å². The number of hydrogen-bond acceptors (Lipinski definition) is 4. The van der Waals surface area contributed by atoms with Crippen molar-refractivity contribution in [3.05, 3.63) is 70.1 Å². The fourth-order valence-electron chi connectivity index (χ4n) is 3.36. The number of nitrogens with one attached hydrogen (secondary N) is 1. The zero-order valence-corrected chi connectivity index (χ0v) is 16.7. The molecule has 1 fully saturated rings. The van der Waals surface area contributed by atoms with Gasteiger partial charge in [-0.25, -0.2) is 13.1 Å². The van der Waals surface area contributed by atoms with Crippen molar-refractivity contribution in [1.29, 1.82) is 0 Å². The largest absolute Gasteiger partial charge is 0.338 e. The molecule has 1 N–H and O–H groups in total. The average Bonchev–Trinajstić information content (AvgIpc) is 2.69. The lowest BCUT2D eigenvalue weighted by molar-refractivity contribution is 0.0689. The summed E-state index contributed by atoms with van der Waals surface area (Å²) in [5.41, 5.74) is 0.621. The summed E-state index contributed by atoms with van der Waals surface area (Å²) in [6.45, 7) is 1.40. The molecule has 0 radical (unpaired) electrons. The van der Waals surface area contributed by atoms with Crippen molar-refractivity contribution >= 4 is 15.9 Å². The number of likely N-dealkylation sites (tertiary alicyclic amines) is 1. The average molecular weight is 404 g/mol. The number of piperidine rings is 1. The van der Waals surface area contributed by atoms with E-state index in [1.54, 1.807) is 42.4 Å². The van der Waals surface area contributed by atoms with Crippen LogP contribution in [0.1, 0.15) is 28.8 Å². The van der Waals surface area contributed by atoms with E-state index < -0.39 is 10.0 Å². The Labute approximate surface area is 165 Å². The molecule has 0 spiro atoms. The second-order valence-electron chi connectivity index (χ2n) is 7.17. The molecule has 1 amide bonds. The van der Waals surface area contributed by atoms with Crippen molar-refractivity contribution in [1.82, 2.24) is 14.2 Å². The Bertz CT molecular complexity index is 978. The third kappa shape index (κ3) is 5.08. The van der Waals surface area contributed by atoms with E-state index in [9.17, 15) is 18.0 Å². The number of nitrogens with zero attached hydrogens (tertiary/aromatic N) is 2. The van der Waals surface area contributed by atoms with E-state index in [4.69, 9.17) is 0 Å². The van der Waals surface area contributed by atoms with E-state index in [0.717, 1.165) is 5.56 Å². The van der Waals surface area contributed by atoms with Gasteiger partial charge in [0.15, 0.2) is 0 Å². The van der Waals surface area contributed by atoms with Crippen LogP contribution in [0.25, 0.3) is 0 Å². The van der Waals surface area contributed by atoms with Gasteiger partial charge in [0.05, 0.1) is 5.75 Å². The van der Waals surface area contributed by atoms with E-state index in [0.29, 0.717) is 32.5 Å². The van der Waals surface area contributed by atoms with Crippen molar-refractivity contribution in [2.24, 2.45) is 13.0 Å². The molecule has 0 atom stereocenters. The van der Waals surface area contributed by atoms with E-state index in [1.165, 1.54) is 4.57 Å². The maximum Gasteiger partial charge on any atom is 0.263 e. The molecule has 1 aromatic heterocycles. The summed E-state index contributed by atoms with van der Waals surface area (Å²) in [6, 6.07) is 12.3. The summed E-state index contributed by atoms with van der Waals surface area (Å²) in [4.78, 5) is 26.4. The van der Waals surface area contributed by atoms with Crippen molar-refractivity contribution in [3.63, 3.8) is 0 Å². The first kappa shape index (κ1) is 20.3. The monoisotopic (exact) mass is 403 g/mol. The molecule has 7 nitrogen and oxygen atoms in total. The predicted octanol–water partition coefficient (Wildman–Crippen LogP) is 1.36. The standard InChI is InChI=1S/C20H25N3O4S/c1-22-11-5-8-18(19(22)24)20(25)23-12-9-16(10-13-23)14-21-28(26,27)15-17-6-3-2-4-7-17/h2-8,11,16,21H,9-10,12-15H2,1H3. The summed E-state index contributed by atoms with van der Waals surface area (Å²) < 4.78 is 28.6. The van der Waals surface area contributed by atoms with Gasteiger partial charge in [-0.3, -0.25) is 9.59 Å². The topological polar surface area (TPSA) is 88.5 Å². The Hall–Kier alpha value is -2.45. The summed E-state index contributed by atoms with van der Waals surface area (Å²) in [5.74, 6) is -0.125. The summed E-state index contributed by atoms with van der Waals surface area (Å²) in [7, 11) is -1.77.